The number of rotatable bonds is 5. The van der Waals surface area contributed by atoms with Crippen LogP contribution in [0.4, 0.5) is 0 Å². The van der Waals surface area contributed by atoms with Crippen LogP contribution in [0, 0.1) is 13.8 Å². The minimum absolute atomic E-state index is 0.0531. The molecular weight excluding hydrogens is 266 g/mol. The summed E-state index contributed by atoms with van der Waals surface area (Å²) < 4.78 is 0. The third-order valence-corrected chi connectivity index (χ3v) is 5.45. The Morgan fingerprint density at radius 1 is 1.20 bits per heavy atom. The zero-order chi connectivity index (χ0) is 14.4. The largest absolute Gasteiger partial charge is 0.351 e. The van der Waals surface area contributed by atoms with Crippen LogP contribution in [0.25, 0.3) is 0 Å². The molecule has 0 saturated heterocycles. The number of carbonyl (C=O) groups excluding carboxylic acids is 1. The number of carbonyl (C=O) groups is 1. The molecule has 0 heterocycles. The molecular formula is C17H25NOS. The van der Waals surface area contributed by atoms with Crippen LogP contribution in [0.3, 0.4) is 0 Å². The van der Waals surface area contributed by atoms with E-state index in [-0.39, 0.29) is 5.91 Å². The van der Waals surface area contributed by atoms with E-state index >= 15 is 0 Å². The van der Waals surface area contributed by atoms with Gasteiger partial charge in [-0.1, -0.05) is 25.3 Å². The van der Waals surface area contributed by atoms with Crippen LogP contribution >= 0.6 is 11.8 Å². The summed E-state index contributed by atoms with van der Waals surface area (Å²) in [6, 6.07) is 5.89. The Kier molecular flexibility index (Phi) is 5.96. The lowest BCUT2D eigenvalue weighted by Crippen LogP contribution is -2.26. The average molecular weight is 291 g/mol. The molecule has 110 valence electrons. The van der Waals surface area contributed by atoms with Gasteiger partial charge in [0.05, 0.1) is 0 Å². The lowest BCUT2D eigenvalue weighted by molar-refractivity contribution is 0.0956. The van der Waals surface area contributed by atoms with Crippen molar-refractivity contribution in [2.24, 2.45) is 0 Å². The molecule has 1 aliphatic rings. The van der Waals surface area contributed by atoms with Gasteiger partial charge in [-0.25, -0.2) is 0 Å². The number of benzene rings is 1. The highest BCUT2D eigenvalue weighted by molar-refractivity contribution is 7.99. The lowest BCUT2D eigenvalue weighted by atomic mass is 10.0. The number of nitrogens with one attached hydrogen (secondary N) is 1. The molecule has 0 aliphatic heterocycles. The summed E-state index contributed by atoms with van der Waals surface area (Å²) in [6.45, 7) is 4.88. The van der Waals surface area contributed by atoms with E-state index in [1.807, 2.05) is 36.9 Å². The molecule has 1 aromatic rings. The highest BCUT2D eigenvalue weighted by Gasteiger charge is 2.13. The Bertz CT molecular complexity index is 452. The molecule has 3 heteroatoms. The molecule has 1 N–H and O–H groups in total. The Morgan fingerprint density at radius 3 is 2.65 bits per heavy atom. The first-order valence-electron chi connectivity index (χ1n) is 7.64. The van der Waals surface area contributed by atoms with Crippen LogP contribution in [-0.2, 0) is 0 Å². The van der Waals surface area contributed by atoms with Crippen LogP contribution in [0.1, 0.15) is 53.6 Å². The molecule has 1 fully saturated rings. The fraction of sp³-hybridized carbons (Fsp3) is 0.588. The Hall–Kier alpha value is -0.960. The zero-order valence-electron chi connectivity index (χ0n) is 12.6. The van der Waals surface area contributed by atoms with Gasteiger partial charge in [-0.3, -0.25) is 4.79 Å². The maximum Gasteiger partial charge on any atom is 0.251 e. The van der Waals surface area contributed by atoms with Gasteiger partial charge in [0.25, 0.3) is 5.91 Å². The summed E-state index contributed by atoms with van der Waals surface area (Å²) in [5.74, 6) is 1.08. The minimum atomic E-state index is 0.0531. The second-order valence-corrected chi connectivity index (χ2v) is 7.09. The summed E-state index contributed by atoms with van der Waals surface area (Å²) in [7, 11) is 0. The summed E-state index contributed by atoms with van der Waals surface area (Å²) in [5, 5.41) is 3.85. The number of amides is 1. The van der Waals surface area contributed by atoms with E-state index in [0.717, 1.165) is 23.1 Å². The van der Waals surface area contributed by atoms with Crippen molar-refractivity contribution < 1.29 is 4.79 Å². The second-order valence-electron chi connectivity index (χ2n) is 5.69. The topological polar surface area (TPSA) is 29.1 Å². The molecule has 0 atom stereocenters. The Balaban J connectivity index is 1.70. The van der Waals surface area contributed by atoms with Crippen LogP contribution in [0.2, 0.25) is 0 Å². The highest BCUT2D eigenvalue weighted by Crippen LogP contribution is 2.27. The van der Waals surface area contributed by atoms with Gasteiger partial charge in [0.2, 0.25) is 0 Å². The molecule has 0 radical (unpaired) electrons. The van der Waals surface area contributed by atoms with Gasteiger partial charge in [-0.05, 0) is 49.9 Å². The maximum atomic E-state index is 12.0. The van der Waals surface area contributed by atoms with Crippen molar-refractivity contribution in [1.29, 1.82) is 0 Å². The van der Waals surface area contributed by atoms with Crippen molar-refractivity contribution in [3.8, 4) is 0 Å². The van der Waals surface area contributed by atoms with Crippen molar-refractivity contribution >= 4 is 17.7 Å². The number of hydrogen-bond donors (Lipinski definition) is 1. The second kappa shape index (κ2) is 7.72. The third kappa shape index (κ3) is 4.55. The average Bonchev–Trinajstić information content (AvgIpc) is 2.47. The summed E-state index contributed by atoms with van der Waals surface area (Å²) in [4.78, 5) is 12.0. The predicted octanol–water partition coefficient (Wildman–Crippen LogP) is 4.10. The van der Waals surface area contributed by atoms with Crippen molar-refractivity contribution in [2.75, 3.05) is 12.3 Å². The van der Waals surface area contributed by atoms with Gasteiger partial charge < -0.3 is 5.32 Å². The number of hydrogen-bond acceptors (Lipinski definition) is 2. The molecule has 1 amide bonds. The van der Waals surface area contributed by atoms with E-state index < -0.39 is 0 Å². The minimum Gasteiger partial charge on any atom is -0.351 e. The molecule has 1 aliphatic carbocycles. The van der Waals surface area contributed by atoms with E-state index in [9.17, 15) is 4.79 Å². The molecule has 0 bridgehead atoms. The number of thioether (sulfide) groups is 1. The number of aryl methyl sites for hydroxylation is 2. The molecule has 1 saturated carbocycles. The molecule has 0 aromatic heterocycles. The van der Waals surface area contributed by atoms with E-state index in [1.54, 1.807) is 0 Å². The van der Waals surface area contributed by atoms with Gasteiger partial charge in [0, 0.05) is 23.1 Å². The summed E-state index contributed by atoms with van der Waals surface area (Å²) >= 11 is 2.03. The fourth-order valence-corrected chi connectivity index (χ4v) is 3.83. The maximum absolute atomic E-state index is 12.0. The quantitative estimate of drug-likeness (QED) is 0.828. The van der Waals surface area contributed by atoms with Crippen LogP contribution in [-0.4, -0.2) is 23.5 Å². The first-order chi connectivity index (χ1) is 9.66. The highest BCUT2D eigenvalue weighted by atomic mass is 32.2. The van der Waals surface area contributed by atoms with Gasteiger partial charge in [-0.2, -0.15) is 11.8 Å². The van der Waals surface area contributed by atoms with Crippen LogP contribution in [0.15, 0.2) is 18.2 Å². The van der Waals surface area contributed by atoms with Crippen molar-refractivity contribution in [3.05, 3.63) is 34.9 Å². The molecule has 0 unspecified atom stereocenters. The predicted molar refractivity (Wildman–Crippen MR) is 87.6 cm³/mol. The molecule has 2 nitrogen and oxygen atoms in total. The van der Waals surface area contributed by atoms with Crippen LogP contribution in [0.5, 0.6) is 0 Å². The summed E-state index contributed by atoms with van der Waals surface area (Å²) in [5.41, 5.74) is 3.18. The molecule has 2 rings (SSSR count). The van der Waals surface area contributed by atoms with Gasteiger partial charge in [0.15, 0.2) is 0 Å². The fourth-order valence-electron chi connectivity index (χ4n) is 2.61. The van der Waals surface area contributed by atoms with Crippen LogP contribution < -0.4 is 5.32 Å². The summed E-state index contributed by atoms with van der Waals surface area (Å²) in [6.07, 6.45) is 6.88. The van der Waals surface area contributed by atoms with Crippen molar-refractivity contribution in [2.45, 2.75) is 51.2 Å². The molecule has 1 aromatic carbocycles. The van der Waals surface area contributed by atoms with Crippen molar-refractivity contribution in [1.82, 2.24) is 5.32 Å². The van der Waals surface area contributed by atoms with E-state index in [0.29, 0.717) is 0 Å². The SMILES string of the molecule is Cc1ccc(C(=O)NCCSC2CCCCC2)cc1C. The third-order valence-electron chi connectivity index (χ3n) is 4.06. The van der Waals surface area contributed by atoms with E-state index in [4.69, 9.17) is 0 Å². The molecule has 0 spiro atoms. The Labute approximate surface area is 126 Å². The van der Waals surface area contributed by atoms with E-state index in [1.165, 1.54) is 43.2 Å². The standard InChI is InChI=1S/C17H25NOS/c1-13-8-9-15(12-14(13)2)17(19)18-10-11-20-16-6-4-3-5-7-16/h8-9,12,16H,3-7,10-11H2,1-2H3,(H,18,19). The van der Waals surface area contributed by atoms with Gasteiger partial charge in [-0.15, -0.1) is 0 Å². The van der Waals surface area contributed by atoms with E-state index in [2.05, 4.69) is 12.2 Å². The first kappa shape index (κ1) is 15.4. The smallest absolute Gasteiger partial charge is 0.251 e. The normalized spacial score (nSPS) is 16.1. The lowest BCUT2D eigenvalue weighted by Gasteiger charge is -2.20. The van der Waals surface area contributed by atoms with Gasteiger partial charge in [0.1, 0.15) is 0 Å². The van der Waals surface area contributed by atoms with Crippen molar-refractivity contribution in [3.63, 3.8) is 0 Å². The zero-order valence-corrected chi connectivity index (χ0v) is 13.4. The Morgan fingerprint density at radius 2 is 1.95 bits per heavy atom. The first-order valence-corrected chi connectivity index (χ1v) is 8.69. The monoisotopic (exact) mass is 291 g/mol. The molecule has 20 heavy (non-hydrogen) atoms. The van der Waals surface area contributed by atoms with Gasteiger partial charge >= 0.3 is 0 Å².